The molecule has 0 spiro atoms. The average molecular weight is 360 g/mol. The van der Waals surface area contributed by atoms with E-state index in [-0.39, 0.29) is 6.42 Å². The van der Waals surface area contributed by atoms with Crippen LogP contribution in [0.25, 0.3) is 0 Å². The Kier molecular flexibility index (Phi) is 16.2. The standard InChI is InChI=1S/C22H32O4/c1-2-3-10-15-20(23)17-12-8-9-13-18-21(24)16-11-6-4-5-7-14-19-22(25)26/h3,5-13,17-18,20-21,23-24H,2,4,14-16,19H2,1H3,(H,25,26)/t20-,21+/m1/s1. The maximum absolute atomic E-state index is 10.3. The van der Waals surface area contributed by atoms with Gasteiger partial charge >= 0.3 is 5.97 Å². The van der Waals surface area contributed by atoms with Gasteiger partial charge in [-0.25, -0.2) is 0 Å². The van der Waals surface area contributed by atoms with E-state index in [1.54, 1.807) is 24.3 Å². The summed E-state index contributed by atoms with van der Waals surface area (Å²) in [5.41, 5.74) is 0. The summed E-state index contributed by atoms with van der Waals surface area (Å²) in [6, 6.07) is 0. The van der Waals surface area contributed by atoms with E-state index in [1.807, 2.05) is 48.6 Å². The minimum atomic E-state index is -0.787. The Morgan fingerprint density at radius 3 is 1.88 bits per heavy atom. The molecule has 0 rings (SSSR count). The van der Waals surface area contributed by atoms with Crippen molar-refractivity contribution in [3.63, 3.8) is 0 Å². The van der Waals surface area contributed by atoms with Crippen molar-refractivity contribution < 1.29 is 20.1 Å². The molecule has 0 amide bonds. The summed E-state index contributed by atoms with van der Waals surface area (Å²) in [4.78, 5) is 10.3. The van der Waals surface area contributed by atoms with E-state index in [0.29, 0.717) is 19.3 Å². The number of carboxylic acid groups (broad SMARTS) is 1. The van der Waals surface area contributed by atoms with Gasteiger partial charge in [-0.2, -0.15) is 0 Å². The van der Waals surface area contributed by atoms with Crippen molar-refractivity contribution in [1.29, 1.82) is 0 Å². The Labute approximate surface area is 157 Å². The quantitative estimate of drug-likeness (QED) is 0.315. The van der Waals surface area contributed by atoms with Crippen LogP contribution in [0.4, 0.5) is 0 Å². The van der Waals surface area contributed by atoms with Gasteiger partial charge in [0.2, 0.25) is 0 Å². The molecule has 0 saturated carbocycles. The normalized spacial score (nSPS) is 15.5. The molecule has 0 saturated heterocycles. The summed E-state index contributed by atoms with van der Waals surface area (Å²) in [5.74, 6) is -0.787. The lowest BCUT2D eigenvalue weighted by Gasteiger charge is -1.99. The van der Waals surface area contributed by atoms with Crippen molar-refractivity contribution >= 4 is 5.97 Å². The highest BCUT2D eigenvalue weighted by atomic mass is 16.4. The fourth-order valence-corrected chi connectivity index (χ4v) is 1.90. The van der Waals surface area contributed by atoms with Crippen LogP contribution in [-0.2, 0) is 4.79 Å². The third kappa shape index (κ3) is 18.2. The molecule has 0 aliphatic carbocycles. The zero-order chi connectivity index (χ0) is 19.5. The lowest BCUT2D eigenvalue weighted by Crippen LogP contribution is -1.98. The van der Waals surface area contributed by atoms with Crippen LogP contribution in [0.15, 0.2) is 72.9 Å². The van der Waals surface area contributed by atoms with E-state index in [0.717, 1.165) is 12.8 Å². The van der Waals surface area contributed by atoms with Crippen molar-refractivity contribution in [3.05, 3.63) is 72.9 Å². The molecule has 2 atom stereocenters. The minimum absolute atomic E-state index is 0.154. The molecule has 3 N–H and O–H groups in total. The second-order valence-corrected chi connectivity index (χ2v) is 5.75. The van der Waals surface area contributed by atoms with Crippen molar-refractivity contribution in [2.45, 2.75) is 57.7 Å². The van der Waals surface area contributed by atoms with Crippen molar-refractivity contribution in [2.75, 3.05) is 0 Å². The number of aliphatic hydroxyl groups excluding tert-OH is 2. The summed E-state index contributed by atoms with van der Waals surface area (Å²) in [5, 5.41) is 28.0. The van der Waals surface area contributed by atoms with Gasteiger partial charge in [0.25, 0.3) is 0 Å². The topological polar surface area (TPSA) is 77.8 Å². The smallest absolute Gasteiger partial charge is 0.303 e. The van der Waals surface area contributed by atoms with Crippen LogP contribution in [0.1, 0.15) is 45.4 Å². The third-order valence-corrected chi connectivity index (χ3v) is 3.29. The highest BCUT2D eigenvalue weighted by molar-refractivity contribution is 5.66. The molecule has 26 heavy (non-hydrogen) atoms. The molecule has 0 fully saturated rings. The van der Waals surface area contributed by atoms with Gasteiger partial charge in [0.05, 0.1) is 12.2 Å². The molecule has 0 aromatic heterocycles. The van der Waals surface area contributed by atoms with Gasteiger partial charge in [0.1, 0.15) is 0 Å². The number of aliphatic carboxylic acids is 1. The number of carbonyl (C=O) groups is 1. The number of rotatable bonds is 14. The Balaban J connectivity index is 3.87. The summed E-state index contributed by atoms with van der Waals surface area (Å²) in [6.45, 7) is 2.06. The van der Waals surface area contributed by atoms with Crippen molar-refractivity contribution in [3.8, 4) is 0 Å². The molecule has 0 bridgehead atoms. The van der Waals surface area contributed by atoms with E-state index in [1.165, 1.54) is 0 Å². The van der Waals surface area contributed by atoms with Crippen LogP contribution in [-0.4, -0.2) is 33.5 Å². The molecular weight excluding hydrogens is 328 g/mol. The van der Waals surface area contributed by atoms with Gasteiger partial charge in [-0.15, -0.1) is 0 Å². The molecule has 0 aromatic rings. The Hall–Kier alpha value is -2.17. The Bertz CT molecular complexity index is 524. The first-order chi connectivity index (χ1) is 12.6. The summed E-state index contributed by atoms with van der Waals surface area (Å²) >= 11 is 0. The molecule has 0 radical (unpaired) electrons. The summed E-state index contributed by atoms with van der Waals surface area (Å²) in [6.07, 6.45) is 24.8. The second-order valence-electron chi connectivity index (χ2n) is 5.75. The zero-order valence-corrected chi connectivity index (χ0v) is 15.6. The Morgan fingerprint density at radius 2 is 1.35 bits per heavy atom. The molecule has 0 aromatic carbocycles. The van der Waals surface area contributed by atoms with Gasteiger partial charge in [-0.1, -0.05) is 79.8 Å². The molecule has 0 unspecified atom stereocenters. The first-order valence-corrected chi connectivity index (χ1v) is 9.10. The summed E-state index contributed by atoms with van der Waals surface area (Å²) in [7, 11) is 0. The van der Waals surface area contributed by atoms with Crippen molar-refractivity contribution in [2.24, 2.45) is 0 Å². The number of hydrogen-bond donors (Lipinski definition) is 3. The van der Waals surface area contributed by atoms with Crippen LogP contribution in [0.2, 0.25) is 0 Å². The molecule has 4 nitrogen and oxygen atoms in total. The number of carboxylic acids is 1. The van der Waals surface area contributed by atoms with Gasteiger partial charge in [-0.3, -0.25) is 4.79 Å². The van der Waals surface area contributed by atoms with Crippen LogP contribution < -0.4 is 0 Å². The van der Waals surface area contributed by atoms with Crippen LogP contribution in [0, 0.1) is 0 Å². The predicted molar refractivity (Wildman–Crippen MR) is 108 cm³/mol. The van der Waals surface area contributed by atoms with E-state index in [2.05, 4.69) is 6.92 Å². The highest BCUT2D eigenvalue weighted by Crippen LogP contribution is 2.00. The van der Waals surface area contributed by atoms with Crippen LogP contribution >= 0.6 is 0 Å². The third-order valence-electron chi connectivity index (χ3n) is 3.29. The van der Waals surface area contributed by atoms with E-state index < -0.39 is 18.2 Å². The predicted octanol–water partition coefficient (Wildman–Crippen LogP) is 4.49. The lowest BCUT2D eigenvalue weighted by atomic mass is 10.2. The monoisotopic (exact) mass is 360 g/mol. The number of aliphatic hydroxyl groups is 2. The van der Waals surface area contributed by atoms with E-state index in [9.17, 15) is 15.0 Å². The fraction of sp³-hybridized carbons (Fsp3) is 0.409. The van der Waals surface area contributed by atoms with E-state index in [4.69, 9.17) is 5.11 Å². The molecule has 144 valence electrons. The maximum atomic E-state index is 10.3. The minimum Gasteiger partial charge on any atom is -0.481 e. The van der Waals surface area contributed by atoms with E-state index >= 15 is 0 Å². The van der Waals surface area contributed by atoms with Crippen molar-refractivity contribution in [1.82, 2.24) is 0 Å². The number of allylic oxidation sites excluding steroid dienone is 8. The molecule has 0 aliphatic heterocycles. The molecular formula is C22H32O4. The first-order valence-electron chi connectivity index (χ1n) is 9.10. The average Bonchev–Trinajstić information content (AvgIpc) is 2.60. The van der Waals surface area contributed by atoms with Gasteiger partial charge in [0, 0.05) is 6.42 Å². The van der Waals surface area contributed by atoms with Gasteiger partial charge in [-0.05, 0) is 32.1 Å². The maximum Gasteiger partial charge on any atom is 0.303 e. The zero-order valence-electron chi connectivity index (χ0n) is 15.6. The lowest BCUT2D eigenvalue weighted by molar-refractivity contribution is -0.136. The SMILES string of the molecule is CCC=CC[C@@H](O)C=CC=CC=C[C@@H](O)CC=CCC=CCCC(=O)O. The highest BCUT2D eigenvalue weighted by Gasteiger charge is 1.94. The fourth-order valence-electron chi connectivity index (χ4n) is 1.90. The Morgan fingerprint density at radius 1 is 0.808 bits per heavy atom. The summed E-state index contributed by atoms with van der Waals surface area (Å²) < 4.78 is 0. The first kappa shape index (κ1) is 23.8. The molecule has 0 aliphatic rings. The molecule has 0 heterocycles. The largest absolute Gasteiger partial charge is 0.481 e. The molecule has 4 heteroatoms. The number of hydrogen-bond acceptors (Lipinski definition) is 3. The van der Waals surface area contributed by atoms with Gasteiger partial charge in [0.15, 0.2) is 0 Å². The van der Waals surface area contributed by atoms with Crippen LogP contribution in [0.5, 0.6) is 0 Å². The van der Waals surface area contributed by atoms with Gasteiger partial charge < -0.3 is 15.3 Å². The second kappa shape index (κ2) is 17.6. The van der Waals surface area contributed by atoms with Crippen LogP contribution in [0.3, 0.4) is 0 Å².